The third-order valence-electron chi connectivity index (χ3n) is 3.69. The summed E-state index contributed by atoms with van der Waals surface area (Å²) in [6.07, 6.45) is 3.62. The van der Waals surface area contributed by atoms with Gasteiger partial charge in [0.25, 0.3) is 0 Å². The van der Waals surface area contributed by atoms with Gasteiger partial charge in [-0.25, -0.2) is 0 Å². The maximum Gasteiger partial charge on any atom is 0.0625 e. The van der Waals surface area contributed by atoms with Crippen molar-refractivity contribution in [2.24, 2.45) is 7.05 Å². The number of likely N-dealkylation sites (N-methyl/N-ethyl adjacent to an activating group) is 1. The fourth-order valence-corrected chi connectivity index (χ4v) is 2.56. The average molecular weight is 236 g/mol. The zero-order chi connectivity index (χ0) is 12.3. The molecular formula is C13H24N4. The normalized spacial score (nSPS) is 21.9. The first-order valence-electron chi connectivity index (χ1n) is 6.64. The topological polar surface area (TPSA) is 33.1 Å². The van der Waals surface area contributed by atoms with Gasteiger partial charge in [-0.15, -0.1) is 0 Å². The summed E-state index contributed by atoms with van der Waals surface area (Å²) in [6, 6.07) is 2.89. The molecule has 0 spiro atoms. The molecule has 1 saturated heterocycles. The van der Waals surface area contributed by atoms with Crippen LogP contribution in [-0.2, 0) is 20.0 Å². The summed E-state index contributed by atoms with van der Waals surface area (Å²) in [5.74, 6) is 0. The molecule has 2 heterocycles. The molecule has 1 aromatic heterocycles. The van der Waals surface area contributed by atoms with E-state index in [1.807, 2.05) is 11.7 Å². The Balaban J connectivity index is 1.97. The van der Waals surface area contributed by atoms with Crippen molar-refractivity contribution in [3.05, 3.63) is 17.5 Å². The fourth-order valence-electron chi connectivity index (χ4n) is 2.56. The first-order chi connectivity index (χ1) is 8.22. The van der Waals surface area contributed by atoms with E-state index in [1.165, 1.54) is 30.8 Å². The summed E-state index contributed by atoms with van der Waals surface area (Å²) in [6.45, 7) is 5.56. The van der Waals surface area contributed by atoms with Crippen LogP contribution in [-0.4, -0.2) is 40.9 Å². The van der Waals surface area contributed by atoms with E-state index in [1.54, 1.807) is 0 Å². The highest BCUT2D eigenvalue weighted by Crippen LogP contribution is 2.14. The molecule has 1 fully saturated rings. The van der Waals surface area contributed by atoms with Crippen LogP contribution in [0.5, 0.6) is 0 Å². The Morgan fingerprint density at radius 3 is 3.00 bits per heavy atom. The van der Waals surface area contributed by atoms with E-state index in [0.717, 1.165) is 19.5 Å². The highest BCUT2D eigenvalue weighted by Gasteiger charge is 2.19. The number of likely N-dealkylation sites (tertiary alicyclic amines) is 1. The van der Waals surface area contributed by atoms with Crippen molar-refractivity contribution < 1.29 is 0 Å². The van der Waals surface area contributed by atoms with Gasteiger partial charge in [0, 0.05) is 26.2 Å². The lowest BCUT2D eigenvalue weighted by molar-refractivity contribution is 0.184. The van der Waals surface area contributed by atoms with Crippen LogP contribution in [0.2, 0.25) is 0 Å². The minimum atomic E-state index is 0.655. The lowest BCUT2D eigenvalue weighted by Gasteiger charge is -2.32. The molecule has 1 unspecified atom stereocenters. The summed E-state index contributed by atoms with van der Waals surface area (Å²) < 4.78 is 2.03. The molecule has 0 saturated carbocycles. The molecule has 17 heavy (non-hydrogen) atoms. The van der Waals surface area contributed by atoms with Gasteiger partial charge in [-0.05, 0) is 38.9 Å². The summed E-state index contributed by atoms with van der Waals surface area (Å²) in [5, 5.41) is 7.89. The van der Waals surface area contributed by atoms with Crippen molar-refractivity contribution in [2.45, 2.75) is 38.8 Å². The molecule has 1 atom stereocenters. The van der Waals surface area contributed by atoms with Crippen molar-refractivity contribution in [1.82, 2.24) is 20.0 Å². The van der Waals surface area contributed by atoms with Gasteiger partial charge in [-0.2, -0.15) is 5.10 Å². The maximum absolute atomic E-state index is 4.51. The van der Waals surface area contributed by atoms with Crippen molar-refractivity contribution in [3.63, 3.8) is 0 Å². The number of aryl methyl sites for hydroxylation is 2. The maximum atomic E-state index is 4.51. The number of nitrogens with zero attached hydrogens (tertiary/aromatic N) is 3. The Morgan fingerprint density at radius 2 is 2.35 bits per heavy atom. The molecule has 0 bridgehead atoms. The van der Waals surface area contributed by atoms with E-state index in [4.69, 9.17) is 0 Å². The molecule has 4 nitrogen and oxygen atoms in total. The van der Waals surface area contributed by atoms with E-state index >= 15 is 0 Å². The van der Waals surface area contributed by atoms with Crippen LogP contribution < -0.4 is 5.32 Å². The van der Waals surface area contributed by atoms with E-state index in [-0.39, 0.29) is 0 Å². The summed E-state index contributed by atoms with van der Waals surface area (Å²) in [7, 11) is 4.11. The van der Waals surface area contributed by atoms with Crippen LogP contribution >= 0.6 is 0 Å². The van der Waals surface area contributed by atoms with Gasteiger partial charge in [-0.1, -0.05) is 6.92 Å². The molecule has 0 aromatic carbocycles. The van der Waals surface area contributed by atoms with Gasteiger partial charge in [0.15, 0.2) is 0 Å². The van der Waals surface area contributed by atoms with Gasteiger partial charge >= 0.3 is 0 Å². The van der Waals surface area contributed by atoms with Crippen LogP contribution in [0.15, 0.2) is 6.07 Å². The van der Waals surface area contributed by atoms with Gasteiger partial charge in [-0.3, -0.25) is 9.58 Å². The first kappa shape index (κ1) is 12.6. The van der Waals surface area contributed by atoms with Gasteiger partial charge in [0.1, 0.15) is 0 Å². The quantitative estimate of drug-likeness (QED) is 0.852. The fraction of sp³-hybridized carbons (Fsp3) is 0.769. The lowest BCUT2D eigenvalue weighted by atomic mass is 10.1. The number of hydrogen-bond acceptors (Lipinski definition) is 3. The minimum Gasteiger partial charge on any atom is -0.316 e. The Bertz CT molecular complexity index is 358. The predicted octanol–water partition coefficient (Wildman–Crippen LogP) is 1.17. The molecule has 1 aliphatic heterocycles. The Labute approximate surface area is 104 Å². The molecule has 4 heteroatoms. The average Bonchev–Trinajstić information content (AvgIpc) is 2.70. The van der Waals surface area contributed by atoms with Crippen LogP contribution in [0.3, 0.4) is 0 Å². The number of nitrogens with one attached hydrogen (secondary N) is 1. The third kappa shape index (κ3) is 3.07. The highest BCUT2D eigenvalue weighted by atomic mass is 15.3. The SMILES string of the molecule is CCc1cc(CN2CCCC(NC)C2)n(C)n1. The van der Waals surface area contributed by atoms with Crippen molar-refractivity contribution >= 4 is 0 Å². The second-order valence-corrected chi connectivity index (χ2v) is 4.97. The second kappa shape index (κ2) is 5.65. The molecule has 1 aliphatic rings. The van der Waals surface area contributed by atoms with E-state index in [0.29, 0.717) is 6.04 Å². The molecule has 1 N–H and O–H groups in total. The molecule has 0 aliphatic carbocycles. The number of aromatic nitrogens is 2. The number of rotatable bonds is 4. The van der Waals surface area contributed by atoms with Crippen molar-refractivity contribution in [3.8, 4) is 0 Å². The van der Waals surface area contributed by atoms with Gasteiger partial charge < -0.3 is 5.32 Å². The first-order valence-corrected chi connectivity index (χ1v) is 6.64. The molecule has 0 radical (unpaired) electrons. The van der Waals surface area contributed by atoms with Crippen LogP contribution in [0.1, 0.15) is 31.2 Å². The van der Waals surface area contributed by atoms with Crippen molar-refractivity contribution in [2.75, 3.05) is 20.1 Å². The molecule has 0 amide bonds. The zero-order valence-corrected chi connectivity index (χ0v) is 11.2. The number of piperidine rings is 1. The standard InChI is InChI=1S/C13H24N4/c1-4-11-8-13(16(3)15-11)10-17-7-5-6-12(9-17)14-2/h8,12,14H,4-7,9-10H2,1-3H3. The Morgan fingerprint density at radius 1 is 1.53 bits per heavy atom. The minimum absolute atomic E-state index is 0.655. The Hall–Kier alpha value is -0.870. The molecule has 2 rings (SSSR count). The second-order valence-electron chi connectivity index (χ2n) is 4.97. The van der Waals surface area contributed by atoms with E-state index in [2.05, 4.69) is 35.4 Å². The lowest BCUT2D eigenvalue weighted by Crippen LogP contribution is -2.44. The highest BCUT2D eigenvalue weighted by molar-refractivity contribution is 5.10. The van der Waals surface area contributed by atoms with Crippen LogP contribution in [0.4, 0.5) is 0 Å². The monoisotopic (exact) mass is 236 g/mol. The van der Waals surface area contributed by atoms with Gasteiger partial charge in [0.05, 0.1) is 11.4 Å². The molecule has 1 aromatic rings. The zero-order valence-electron chi connectivity index (χ0n) is 11.2. The molecule has 96 valence electrons. The smallest absolute Gasteiger partial charge is 0.0625 e. The van der Waals surface area contributed by atoms with Gasteiger partial charge in [0.2, 0.25) is 0 Å². The van der Waals surface area contributed by atoms with Crippen LogP contribution in [0, 0.1) is 0 Å². The summed E-state index contributed by atoms with van der Waals surface area (Å²) in [4.78, 5) is 2.53. The number of hydrogen-bond donors (Lipinski definition) is 1. The Kier molecular flexibility index (Phi) is 4.18. The molecular weight excluding hydrogens is 212 g/mol. The predicted molar refractivity (Wildman–Crippen MR) is 69.9 cm³/mol. The third-order valence-corrected chi connectivity index (χ3v) is 3.69. The largest absolute Gasteiger partial charge is 0.316 e. The summed E-state index contributed by atoms with van der Waals surface area (Å²) in [5.41, 5.74) is 2.53. The van der Waals surface area contributed by atoms with E-state index < -0.39 is 0 Å². The van der Waals surface area contributed by atoms with E-state index in [9.17, 15) is 0 Å². The van der Waals surface area contributed by atoms with Crippen molar-refractivity contribution in [1.29, 1.82) is 0 Å². The van der Waals surface area contributed by atoms with Crippen LogP contribution in [0.25, 0.3) is 0 Å². The summed E-state index contributed by atoms with van der Waals surface area (Å²) >= 11 is 0.